The molecule has 1 aromatic carbocycles. The second-order valence-corrected chi connectivity index (χ2v) is 6.76. The summed E-state index contributed by atoms with van der Waals surface area (Å²) in [7, 11) is 1.65. The molecular formula is C16H18BrNO2S. The van der Waals surface area contributed by atoms with E-state index in [1.807, 2.05) is 47.5 Å². The van der Waals surface area contributed by atoms with Crippen LogP contribution in [-0.4, -0.2) is 31.1 Å². The lowest BCUT2D eigenvalue weighted by atomic mass is 10.1. The predicted molar refractivity (Wildman–Crippen MR) is 89.8 cm³/mol. The molecular weight excluding hydrogens is 350 g/mol. The van der Waals surface area contributed by atoms with Crippen LogP contribution >= 0.6 is 27.3 Å². The molecule has 0 saturated heterocycles. The number of halogens is 1. The zero-order chi connectivity index (χ0) is 15.2. The average Bonchev–Trinajstić information content (AvgIpc) is 2.94. The predicted octanol–water partition coefficient (Wildman–Crippen LogP) is 4.11. The Balaban J connectivity index is 2.20. The van der Waals surface area contributed by atoms with Crippen molar-refractivity contribution in [2.45, 2.75) is 13.5 Å². The number of methoxy groups -OCH3 is 1. The summed E-state index contributed by atoms with van der Waals surface area (Å²) >= 11 is 5.11. The molecule has 0 aliphatic heterocycles. The lowest BCUT2D eigenvalue weighted by molar-refractivity contribution is 0.0682. The van der Waals surface area contributed by atoms with Crippen molar-refractivity contribution in [3.8, 4) is 0 Å². The van der Waals surface area contributed by atoms with Crippen LogP contribution in [0.3, 0.4) is 0 Å². The lowest BCUT2D eigenvalue weighted by Crippen LogP contribution is -2.33. The fourth-order valence-corrected chi connectivity index (χ4v) is 3.41. The Hall–Kier alpha value is -1.17. The first-order chi connectivity index (χ1) is 10.1. The minimum absolute atomic E-state index is 0.0323. The van der Waals surface area contributed by atoms with Crippen LogP contribution in [0.1, 0.15) is 20.8 Å². The van der Waals surface area contributed by atoms with Gasteiger partial charge in [-0.15, -0.1) is 11.3 Å². The van der Waals surface area contributed by atoms with E-state index >= 15 is 0 Å². The zero-order valence-electron chi connectivity index (χ0n) is 12.1. The van der Waals surface area contributed by atoms with Gasteiger partial charge < -0.3 is 9.64 Å². The van der Waals surface area contributed by atoms with Gasteiger partial charge in [0, 0.05) is 28.6 Å². The van der Waals surface area contributed by atoms with Gasteiger partial charge in [-0.05, 0) is 42.1 Å². The quantitative estimate of drug-likeness (QED) is 0.768. The molecule has 5 heteroatoms. The standard InChI is InChI=1S/C16H18BrNO2S/c1-12-8-13(10-14(17)9-12)16(19)18(5-6-20-2)11-15-4-3-7-21-15/h3-4,7-10H,5-6,11H2,1-2H3. The molecule has 0 bridgehead atoms. The minimum atomic E-state index is 0.0323. The highest BCUT2D eigenvalue weighted by molar-refractivity contribution is 9.10. The third-order valence-electron chi connectivity index (χ3n) is 3.07. The van der Waals surface area contributed by atoms with Gasteiger partial charge >= 0.3 is 0 Å². The molecule has 0 unspecified atom stereocenters. The van der Waals surface area contributed by atoms with Crippen LogP contribution in [0.2, 0.25) is 0 Å². The summed E-state index contributed by atoms with van der Waals surface area (Å²) < 4.78 is 6.05. The Morgan fingerprint density at radius 3 is 2.81 bits per heavy atom. The van der Waals surface area contributed by atoms with Crippen molar-refractivity contribution in [3.05, 3.63) is 56.2 Å². The summed E-state index contributed by atoms with van der Waals surface area (Å²) in [6.07, 6.45) is 0. The van der Waals surface area contributed by atoms with Gasteiger partial charge in [-0.1, -0.05) is 22.0 Å². The van der Waals surface area contributed by atoms with Crippen molar-refractivity contribution in [1.82, 2.24) is 4.90 Å². The van der Waals surface area contributed by atoms with Crippen molar-refractivity contribution < 1.29 is 9.53 Å². The normalized spacial score (nSPS) is 10.6. The molecule has 0 fully saturated rings. The number of ether oxygens (including phenoxy) is 1. The van der Waals surface area contributed by atoms with Gasteiger partial charge in [0.2, 0.25) is 0 Å². The fraction of sp³-hybridized carbons (Fsp3) is 0.312. The molecule has 3 nitrogen and oxygen atoms in total. The van der Waals surface area contributed by atoms with Crippen molar-refractivity contribution in [1.29, 1.82) is 0 Å². The van der Waals surface area contributed by atoms with Crippen LogP contribution in [0.15, 0.2) is 40.2 Å². The molecule has 0 radical (unpaired) electrons. The molecule has 112 valence electrons. The largest absolute Gasteiger partial charge is 0.383 e. The average molecular weight is 368 g/mol. The van der Waals surface area contributed by atoms with Gasteiger partial charge in [-0.25, -0.2) is 0 Å². The maximum Gasteiger partial charge on any atom is 0.254 e. The van der Waals surface area contributed by atoms with Crippen molar-refractivity contribution in [2.24, 2.45) is 0 Å². The molecule has 2 aromatic rings. The third-order valence-corrected chi connectivity index (χ3v) is 4.39. The Labute approximate surface area is 137 Å². The molecule has 1 aromatic heterocycles. The van der Waals surface area contributed by atoms with Crippen LogP contribution in [0.4, 0.5) is 0 Å². The fourth-order valence-electron chi connectivity index (χ4n) is 2.09. The molecule has 21 heavy (non-hydrogen) atoms. The smallest absolute Gasteiger partial charge is 0.254 e. The van der Waals surface area contributed by atoms with Crippen LogP contribution in [0, 0.1) is 6.92 Å². The third kappa shape index (κ3) is 4.66. The summed E-state index contributed by atoms with van der Waals surface area (Å²) in [6.45, 7) is 3.72. The first-order valence-corrected chi connectivity index (χ1v) is 8.35. The zero-order valence-corrected chi connectivity index (χ0v) is 14.5. The number of hydrogen-bond donors (Lipinski definition) is 0. The van der Waals surface area contributed by atoms with Gasteiger partial charge in [-0.2, -0.15) is 0 Å². The molecule has 0 spiro atoms. The van der Waals surface area contributed by atoms with Gasteiger partial charge in [-0.3, -0.25) is 4.79 Å². The molecule has 0 saturated carbocycles. The van der Waals surface area contributed by atoms with E-state index in [-0.39, 0.29) is 5.91 Å². The van der Waals surface area contributed by atoms with E-state index < -0.39 is 0 Å². The van der Waals surface area contributed by atoms with Crippen molar-refractivity contribution in [2.75, 3.05) is 20.3 Å². The summed E-state index contributed by atoms with van der Waals surface area (Å²) in [5.74, 6) is 0.0323. The molecule has 0 atom stereocenters. The maximum absolute atomic E-state index is 12.7. The molecule has 1 amide bonds. The first kappa shape index (κ1) is 16.2. The summed E-state index contributed by atoms with van der Waals surface area (Å²) in [5, 5.41) is 2.03. The van der Waals surface area contributed by atoms with E-state index in [4.69, 9.17) is 4.74 Å². The van der Waals surface area contributed by atoms with Crippen LogP contribution in [-0.2, 0) is 11.3 Å². The molecule has 1 heterocycles. The van der Waals surface area contributed by atoms with Gasteiger partial charge in [0.15, 0.2) is 0 Å². The van der Waals surface area contributed by atoms with E-state index in [0.717, 1.165) is 10.0 Å². The second kappa shape index (κ2) is 7.73. The van der Waals surface area contributed by atoms with E-state index in [1.54, 1.807) is 18.4 Å². The Bertz CT molecular complexity index is 578. The Kier molecular flexibility index (Phi) is 5.96. The van der Waals surface area contributed by atoms with E-state index in [0.29, 0.717) is 25.3 Å². The second-order valence-electron chi connectivity index (χ2n) is 4.82. The number of aryl methyl sites for hydroxylation is 1. The number of carbonyl (C=O) groups excluding carboxylic acids is 1. The number of thiophene rings is 1. The Morgan fingerprint density at radius 2 is 2.19 bits per heavy atom. The lowest BCUT2D eigenvalue weighted by Gasteiger charge is -2.22. The summed E-state index contributed by atoms with van der Waals surface area (Å²) in [6, 6.07) is 9.83. The van der Waals surface area contributed by atoms with Crippen LogP contribution in [0.25, 0.3) is 0 Å². The summed E-state index contributed by atoms with van der Waals surface area (Å²) in [5.41, 5.74) is 1.77. The van der Waals surface area contributed by atoms with E-state index in [1.165, 1.54) is 4.88 Å². The topological polar surface area (TPSA) is 29.5 Å². The SMILES string of the molecule is COCCN(Cc1cccs1)C(=O)c1cc(C)cc(Br)c1. The monoisotopic (exact) mass is 367 g/mol. The number of benzene rings is 1. The minimum Gasteiger partial charge on any atom is -0.383 e. The number of amides is 1. The highest BCUT2D eigenvalue weighted by atomic mass is 79.9. The van der Waals surface area contributed by atoms with Gasteiger partial charge in [0.25, 0.3) is 5.91 Å². The van der Waals surface area contributed by atoms with E-state index in [9.17, 15) is 4.79 Å². The van der Waals surface area contributed by atoms with Crippen LogP contribution < -0.4 is 0 Å². The maximum atomic E-state index is 12.7. The van der Waals surface area contributed by atoms with Crippen molar-refractivity contribution >= 4 is 33.2 Å². The Morgan fingerprint density at radius 1 is 1.38 bits per heavy atom. The summed E-state index contributed by atoms with van der Waals surface area (Å²) in [4.78, 5) is 15.7. The number of nitrogens with zero attached hydrogens (tertiary/aromatic N) is 1. The molecule has 0 aliphatic rings. The van der Waals surface area contributed by atoms with Crippen molar-refractivity contribution in [3.63, 3.8) is 0 Å². The van der Waals surface area contributed by atoms with Crippen LogP contribution in [0.5, 0.6) is 0 Å². The number of carbonyl (C=O) groups is 1. The van der Waals surface area contributed by atoms with Gasteiger partial charge in [0.05, 0.1) is 13.2 Å². The van der Waals surface area contributed by atoms with E-state index in [2.05, 4.69) is 15.9 Å². The van der Waals surface area contributed by atoms with Gasteiger partial charge in [0.1, 0.15) is 0 Å². The molecule has 0 aliphatic carbocycles. The number of rotatable bonds is 6. The molecule has 2 rings (SSSR count). The molecule has 0 N–H and O–H groups in total. The highest BCUT2D eigenvalue weighted by Gasteiger charge is 2.17. The first-order valence-electron chi connectivity index (χ1n) is 6.68. The number of hydrogen-bond acceptors (Lipinski definition) is 3. The highest BCUT2D eigenvalue weighted by Crippen LogP contribution is 2.19.